The number of halogens is 2. The molecule has 0 bridgehead atoms. The summed E-state index contributed by atoms with van der Waals surface area (Å²) in [4.78, 5) is 16.5. The number of benzene rings is 4. The summed E-state index contributed by atoms with van der Waals surface area (Å²) in [7, 11) is 0. The molecule has 1 aliphatic heterocycles. The maximum Gasteiger partial charge on any atom is 0.255 e. The number of H-pyrrole nitrogens is 1. The molecular weight excluding hydrogens is 489 g/mol. The predicted octanol–water partition coefficient (Wildman–Crippen LogP) is 6.53. The molecule has 4 aromatic carbocycles. The van der Waals surface area contributed by atoms with E-state index in [9.17, 15) is 4.79 Å². The molecule has 36 heavy (non-hydrogen) atoms. The SMILES string of the molecule is O=C(Nc1cccc([C@@H]2[NH2+]C[C@H](c3ccccc3Cl)c3c2[nH]c2ccccc32)c1)c1ccc(Cl)cc1. The Bertz CT molecular complexity index is 1580. The van der Waals surface area contributed by atoms with Crippen molar-refractivity contribution in [2.24, 2.45) is 0 Å². The molecule has 0 spiro atoms. The van der Waals surface area contributed by atoms with E-state index in [0.29, 0.717) is 10.6 Å². The summed E-state index contributed by atoms with van der Waals surface area (Å²) in [6.45, 7) is 0.866. The maximum absolute atomic E-state index is 12.8. The lowest BCUT2D eigenvalue weighted by molar-refractivity contribution is -0.692. The van der Waals surface area contributed by atoms with Crippen molar-refractivity contribution in [3.63, 3.8) is 0 Å². The third kappa shape index (κ3) is 4.18. The molecule has 1 aliphatic rings. The fraction of sp³-hybridized carbons (Fsp3) is 0.100. The maximum atomic E-state index is 12.8. The Labute approximate surface area is 219 Å². The smallest absolute Gasteiger partial charge is 0.255 e. The van der Waals surface area contributed by atoms with Gasteiger partial charge in [-0.2, -0.15) is 0 Å². The van der Waals surface area contributed by atoms with Gasteiger partial charge in [-0.3, -0.25) is 4.79 Å². The molecule has 4 nitrogen and oxygen atoms in total. The summed E-state index contributed by atoms with van der Waals surface area (Å²) in [6, 6.07) is 31.6. The highest BCUT2D eigenvalue weighted by Crippen LogP contribution is 2.41. The Balaban J connectivity index is 1.38. The lowest BCUT2D eigenvalue weighted by atomic mass is 9.83. The van der Waals surface area contributed by atoms with Crippen LogP contribution in [-0.4, -0.2) is 17.4 Å². The number of hydrogen-bond acceptors (Lipinski definition) is 1. The van der Waals surface area contributed by atoms with Crippen molar-refractivity contribution in [2.75, 3.05) is 11.9 Å². The Morgan fingerprint density at radius 1 is 0.889 bits per heavy atom. The fourth-order valence-corrected chi connectivity index (χ4v) is 5.66. The zero-order valence-corrected chi connectivity index (χ0v) is 20.9. The van der Waals surface area contributed by atoms with Crippen molar-refractivity contribution in [1.82, 2.24) is 4.98 Å². The van der Waals surface area contributed by atoms with Gasteiger partial charge in [0.15, 0.2) is 6.04 Å². The molecular formula is C30H24Cl2N3O+. The van der Waals surface area contributed by atoms with E-state index in [0.717, 1.165) is 33.9 Å². The molecule has 0 aliphatic carbocycles. The summed E-state index contributed by atoms with van der Waals surface area (Å²) in [5.41, 5.74) is 7.17. The van der Waals surface area contributed by atoms with Crippen LogP contribution in [0.15, 0.2) is 97.1 Å². The van der Waals surface area contributed by atoms with Crippen molar-refractivity contribution in [2.45, 2.75) is 12.0 Å². The number of fused-ring (bicyclic) bond motifs is 3. The van der Waals surface area contributed by atoms with E-state index < -0.39 is 0 Å². The monoisotopic (exact) mass is 512 g/mol. The molecule has 1 amide bonds. The summed E-state index contributed by atoms with van der Waals surface area (Å²) in [5.74, 6) is 0.00964. The van der Waals surface area contributed by atoms with Crippen LogP contribution in [0.5, 0.6) is 0 Å². The minimum absolute atomic E-state index is 0.0681. The minimum atomic E-state index is -0.165. The Morgan fingerprint density at radius 2 is 1.67 bits per heavy atom. The highest BCUT2D eigenvalue weighted by molar-refractivity contribution is 6.31. The topological polar surface area (TPSA) is 61.5 Å². The molecule has 5 aromatic rings. The van der Waals surface area contributed by atoms with Crippen molar-refractivity contribution in [1.29, 1.82) is 0 Å². The summed E-state index contributed by atoms with van der Waals surface area (Å²) in [5, 5.41) is 8.00. The largest absolute Gasteiger partial charge is 0.353 e. The van der Waals surface area contributed by atoms with Crippen LogP contribution >= 0.6 is 23.2 Å². The van der Waals surface area contributed by atoms with Crippen molar-refractivity contribution in [3.8, 4) is 0 Å². The number of nitrogens with two attached hydrogens (primary N) is 1. The number of quaternary nitrogens is 1. The molecule has 0 saturated carbocycles. The Hall–Kier alpha value is -3.57. The van der Waals surface area contributed by atoms with E-state index in [1.165, 1.54) is 16.6 Å². The molecule has 6 rings (SSSR count). The van der Waals surface area contributed by atoms with Gasteiger partial charge in [0.1, 0.15) is 0 Å². The zero-order valence-electron chi connectivity index (χ0n) is 19.3. The highest BCUT2D eigenvalue weighted by atomic mass is 35.5. The average Bonchev–Trinajstić information content (AvgIpc) is 3.29. The number of para-hydroxylation sites is 1. The molecule has 4 N–H and O–H groups in total. The first-order valence-electron chi connectivity index (χ1n) is 11.9. The van der Waals surface area contributed by atoms with Crippen molar-refractivity contribution >= 4 is 45.7 Å². The first kappa shape index (κ1) is 22.9. The van der Waals surface area contributed by atoms with E-state index in [1.807, 2.05) is 24.3 Å². The van der Waals surface area contributed by atoms with Gasteiger partial charge in [-0.25, -0.2) is 0 Å². The molecule has 0 fully saturated rings. The van der Waals surface area contributed by atoms with E-state index in [1.54, 1.807) is 24.3 Å². The summed E-state index contributed by atoms with van der Waals surface area (Å²) < 4.78 is 0. The molecule has 6 heteroatoms. The molecule has 0 radical (unpaired) electrons. The van der Waals surface area contributed by atoms with Gasteiger partial charge in [-0.15, -0.1) is 0 Å². The number of aromatic amines is 1. The van der Waals surface area contributed by atoms with Crippen LogP contribution in [-0.2, 0) is 0 Å². The van der Waals surface area contributed by atoms with Crippen molar-refractivity contribution in [3.05, 3.63) is 135 Å². The molecule has 178 valence electrons. The van der Waals surface area contributed by atoms with Crippen molar-refractivity contribution < 1.29 is 10.1 Å². The molecule has 0 saturated heterocycles. The minimum Gasteiger partial charge on any atom is -0.353 e. The van der Waals surface area contributed by atoms with Crippen LogP contribution in [0, 0.1) is 0 Å². The second kappa shape index (κ2) is 9.47. The van der Waals surface area contributed by atoms with Gasteiger partial charge in [0.25, 0.3) is 5.91 Å². The van der Waals surface area contributed by atoms with E-state index in [2.05, 4.69) is 64.1 Å². The number of rotatable bonds is 4. The number of amides is 1. The fourth-order valence-electron chi connectivity index (χ4n) is 5.27. The van der Waals surface area contributed by atoms with Gasteiger partial charge in [0.05, 0.1) is 18.2 Å². The van der Waals surface area contributed by atoms with Crippen LogP contribution in [0.3, 0.4) is 0 Å². The number of carbonyl (C=O) groups excluding carboxylic acids is 1. The van der Waals surface area contributed by atoms with E-state index >= 15 is 0 Å². The van der Waals surface area contributed by atoms with Gasteiger partial charge in [-0.05, 0) is 54.1 Å². The number of anilines is 1. The molecule has 1 aromatic heterocycles. The standard InChI is InChI=1S/C30H23Cl2N3O/c31-20-14-12-18(13-15-20)30(36)34-21-7-5-6-19(16-21)28-29-27(23-9-2-4-11-26(23)35-29)24(17-33-28)22-8-1-3-10-25(22)32/h1-16,24,28,33,35H,17H2,(H,34,36)/p+1/t24-,28+/m1/s1. The molecule has 2 atom stereocenters. The van der Waals surface area contributed by atoms with Crippen LogP contribution < -0.4 is 10.6 Å². The van der Waals surface area contributed by atoms with Crippen LogP contribution in [0.25, 0.3) is 10.9 Å². The van der Waals surface area contributed by atoms with Gasteiger partial charge >= 0.3 is 0 Å². The predicted molar refractivity (Wildman–Crippen MR) is 146 cm³/mol. The summed E-state index contributed by atoms with van der Waals surface area (Å²) in [6.07, 6.45) is 0. The number of hydrogen-bond donors (Lipinski definition) is 3. The second-order valence-corrected chi connectivity index (χ2v) is 9.95. The zero-order chi connectivity index (χ0) is 24.6. The normalized spacial score (nSPS) is 17.1. The van der Waals surface area contributed by atoms with Gasteiger partial charge < -0.3 is 15.6 Å². The summed E-state index contributed by atoms with van der Waals surface area (Å²) >= 11 is 12.6. The molecule has 0 unspecified atom stereocenters. The quantitative estimate of drug-likeness (QED) is 0.252. The lowest BCUT2D eigenvalue weighted by Gasteiger charge is -2.29. The van der Waals surface area contributed by atoms with Gasteiger partial charge in [0.2, 0.25) is 0 Å². The first-order valence-corrected chi connectivity index (χ1v) is 12.7. The second-order valence-electron chi connectivity index (χ2n) is 9.11. The Morgan fingerprint density at radius 3 is 2.50 bits per heavy atom. The van der Waals surface area contributed by atoms with Crippen LogP contribution in [0.1, 0.15) is 44.7 Å². The van der Waals surface area contributed by atoms with E-state index in [4.69, 9.17) is 23.2 Å². The average molecular weight is 513 g/mol. The lowest BCUT2D eigenvalue weighted by Crippen LogP contribution is -2.88. The highest BCUT2D eigenvalue weighted by Gasteiger charge is 2.36. The third-order valence-electron chi connectivity index (χ3n) is 6.93. The number of carbonyl (C=O) groups is 1. The Kier molecular flexibility index (Phi) is 6.02. The first-order chi connectivity index (χ1) is 17.6. The van der Waals surface area contributed by atoms with Gasteiger partial charge in [-0.1, -0.05) is 71.7 Å². The number of aromatic nitrogens is 1. The third-order valence-corrected chi connectivity index (χ3v) is 7.53. The van der Waals surface area contributed by atoms with E-state index in [-0.39, 0.29) is 17.9 Å². The number of nitrogens with one attached hydrogen (secondary N) is 2. The molecule has 2 heterocycles. The van der Waals surface area contributed by atoms with Crippen LogP contribution in [0.4, 0.5) is 5.69 Å². The van der Waals surface area contributed by atoms with Crippen LogP contribution in [0.2, 0.25) is 10.0 Å². The van der Waals surface area contributed by atoms with Gasteiger partial charge in [0, 0.05) is 43.3 Å².